The van der Waals surface area contributed by atoms with Gasteiger partial charge in [0.15, 0.2) is 18.1 Å². The fraction of sp³-hybridized carbons (Fsp3) is 0.172. The lowest BCUT2D eigenvalue weighted by Gasteiger charge is -2.26. The van der Waals surface area contributed by atoms with E-state index in [-0.39, 0.29) is 36.0 Å². The van der Waals surface area contributed by atoms with Crippen molar-refractivity contribution in [1.29, 1.82) is 0 Å². The van der Waals surface area contributed by atoms with Crippen LogP contribution in [-0.4, -0.2) is 43.6 Å². The molecule has 1 aliphatic heterocycles. The summed E-state index contributed by atoms with van der Waals surface area (Å²) in [5, 5.41) is 4.78. The molecule has 2 N–H and O–H groups in total. The Balaban J connectivity index is 1.56. The van der Waals surface area contributed by atoms with E-state index in [2.05, 4.69) is 26.6 Å². The summed E-state index contributed by atoms with van der Waals surface area (Å²) in [6, 6.07) is 13.8. The quantitative estimate of drug-likeness (QED) is 0.238. The summed E-state index contributed by atoms with van der Waals surface area (Å²) < 4.78 is 30.3. The lowest BCUT2D eigenvalue weighted by atomic mass is 10.1. The van der Waals surface area contributed by atoms with Crippen molar-refractivity contribution in [1.82, 2.24) is 5.32 Å². The first-order valence-corrected chi connectivity index (χ1v) is 13.3. The molecule has 12 heteroatoms. The van der Waals surface area contributed by atoms with Gasteiger partial charge in [-0.25, -0.2) is 14.1 Å². The predicted molar refractivity (Wildman–Crippen MR) is 152 cm³/mol. The minimum atomic E-state index is -0.875. The van der Waals surface area contributed by atoms with E-state index in [1.807, 2.05) is 6.92 Å². The van der Waals surface area contributed by atoms with Crippen LogP contribution < -0.4 is 29.7 Å². The van der Waals surface area contributed by atoms with E-state index in [1.165, 1.54) is 48.5 Å². The van der Waals surface area contributed by atoms with Gasteiger partial charge in [0.25, 0.3) is 17.7 Å². The average molecular weight is 626 g/mol. The molecule has 3 aromatic rings. The van der Waals surface area contributed by atoms with Gasteiger partial charge in [0.2, 0.25) is 0 Å². The van der Waals surface area contributed by atoms with Crippen LogP contribution in [-0.2, 0) is 14.4 Å². The number of carbonyl (C=O) groups excluding carboxylic acids is 4. The number of amides is 5. The second-order valence-electron chi connectivity index (χ2n) is 8.49. The summed E-state index contributed by atoms with van der Waals surface area (Å²) in [5.41, 5.74) is 0.774. The van der Waals surface area contributed by atoms with Crippen LogP contribution in [0.1, 0.15) is 19.4 Å². The van der Waals surface area contributed by atoms with Gasteiger partial charge in [-0.3, -0.25) is 19.7 Å². The van der Waals surface area contributed by atoms with Crippen LogP contribution in [0, 0.1) is 5.82 Å². The molecule has 1 saturated heterocycles. The van der Waals surface area contributed by atoms with E-state index in [0.717, 1.165) is 4.90 Å². The van der Waals surface area contributed by atoms with E-state index >= 15 is 0 Å². The zero-order valence-corrected chi connectivity index (χ0v) is 23.6. The number of hydrogen-bond acceptors (Lipinski definition) is 7. The molecule has 0 unspecified atom stereocenters. The summed E-state index contributed by atoms with van der Waals surface area (Å²) in [7, 11) is 0. The topological polar surface area (TPSA) is 123 Å². The van der Waals surface area contributed by atoms with Crippen LogP contribution in [0.4, 0.5) is 20.6 Å². The molecule has 0 spiro atoms. The van der Waals surface area contributed by atoms with Crippen LogP contribution >= 0.6 is 15.9 Å². The molecule has 4 rings (SSSR count). The fourth-order valence-electron chi connectivity index (χ4n) is 3.86. The lowest BCUT2D eigenvalue weighted by Crippen LogP contribution is -2.54. The molecule has 5 amide bonds. The van der Waals surface area contributed by atoms with Crippen molar-refractivity contribution in [3.63, 3.8) is 0 Å². The van der Waals surface area contributed by atoms with Gasteiger partial charge < -0.3 is 19.5 Å². The molecule has 0 atom stereocenters. The Kier molecular flexibility index (Phi) is 9.35. The van der Waals surface area contributed by atoms with E-state index in [9.17, 15) is 23.6 Å². The van der Waals surface area contributed by atoms with Gasteiger partial charge in [-0.2, -0.15) is 0 Å². The number of imide groups is 2. The third kappa shape index (κ3) is 7.09. The minimum Gasteiger partial charge on any atom is -0.494 e. The Hall–Kier alpha value is -4.71. The van der Waals surface area contributed by atoms with Gasteiger partial charge in [-0.05, 0) is 102 Å². The second-order valence-corrected chi connectivity index (χ2v) is 9.35. The molecule has 0 radical (unpaired) electrons. The SMILES string of the molecule is CCOc1ccc(N2C(=O)NC(=O)/C(=C\c3cc(Br)c(OCC(=O)Nc4ccc(F)cc4)c(OCC)c3)C2=O)cc1. The Morgan fingerprint density at radius 3 is 2.32 bits per heavy atom. The van der Waals surface area contributed by atoms with Crippen LogP contribution in [0.25, 0.3) is 6.08 Å². The third-order valence-electron chi connectivity index (χ3n) is 5.63. The molecule has 0 aliphatic carbocycles. The summed E-state index contributed by atoms with van der Waals surface area (Å²) in [6.07, 6.45) is 1.32. The summed E-state index contributed by atoms with van der Waals surface area (Å²) in [4.78, 5) is 51.7. The normalized spacial score (nSPS) is 14.1. The van der Waals surface area contributed by atoms with Gasteiger partial charge in [0.05, 0.1) is 23.4 Å². The van der Waals surface area contributed by atoms with Crippen LogP contribution in [0.3, 0.4) is 0 Å². The van der Waals surface area contributed by atoms with Crippen molar-refractivity contribution in [2.75, 3.05) is 30.0 Å². The van der Waals surface area contributed by atoms with Crippen molar-refractivity contribution in [2.24, 2.45) is 0 Å². The van der Waals surface area contributed by atoms with Crippen LogP contribution in [0.15, 0.2) is 70.7 Å². The molecular formula is C29H25BrFN3O7. The van der Waals surface area contributed by atoms with Crippen molar-refractivity contribution >= 4 is 57.1 Å². The zero-order chi connectivity index (χ0) is 29.5. The molecular weight excluding hydrogens is 601 g/mol. The highest BCUT2D eigenvalue weighted by atomic mass is 79.9. The Morgan fingerprint density at radius 1 is 0.976 bits per heavy atom. The molecule has 3 aromatic carbocycles. The fourth-order valence-corrected chi connectivity index (χ4v) is 4.43. The standard InChI is InChI=1S/C29H25BrFN3O7/c1-3-39-21-11-9-20(10-12-21)34-28(37)22(27(36)33-29(34)38)13-17-14-23(30)26(24(15-17)40-4-2)41-16-25(35)32-19-7-5-18(31)6-8-19/h5-15H,3-4,16H2,1-2H3,(H,32,35)(H,33,36,38)/b22-13+. The van der Waals surface area contributed by atoms with Crippen LogP contribution in [0.2, 0.25) is 0 Å². The van der Waals surface area contributed by atoms with E-state index in [4.69, 9.17) is 14.2 Å². The number of carbonyl (C=O) groups is 4. The molecule has 0 aromatic heterocycles. The molecule has 1 aliphatic rings. The highest BCUT2D eigenvalue weighted by molar-refractivity contribution is 9.10. The maximum atomic E-state index is 13.3. The predicted octanol–water partition coefficient (Wildman–Crippen LogP) is 5.07. The number of nitrogens with zero attached hydrogens (tertiary/aromatic N) is 1. The van der Waals surface area contributed by atoms with E-state index in [1.54, 1.807) is 25.1 Å². The summed E-state index contributed by atoms with van der Waals surface area (Å²) in [6.45, 7) is 3.92. The summed E-state index contributed by atoms with van der Waals surface area (Å²) in [5.74, 6) is -1.55. The van der Waals surface area contributed by atoms with Gasteiger partial charge >= 0.3 is 6.03 Å². The molecule has 0 saturated carbocycles. The van der Waals surface area contributed by atoms with Gasteiger partial charge in [0.1, 0.15) is 17.1 Å². The Morgan fingerprint density at radius 2 is 1.66 bits per heavy atom. The molecule has 0 bridgehead atoms. The monoisotopic (exact) mass is 625 g/mol. The van der Waals surface area contributed by atoms with Gasteiger partial charge in [0, 0.05) is 5.69 Å². The first-order chi connectivity index (χ1) is 19.7. The number of anilines is 2. The number of benzene rings is 3. The van der Waals surface area contributed by atoms with Crippen molar-refractivity contribution in [3.05, 3.63) is 82.1 Å². The number of urea groups is 1. The minimum absolute atomic E-state index is 0.217. The second kappa shape index (κ2) is 13.1. The smallest absolute Gasteiger partial charge is 0.335 e. The van der Waals surface area contributed by atoms with E-state index < -0.39 is 29.6 Å². The lowest BCUT2D eigenvalue weighted by molar-refractivity contribution is -0.122. The molecule has 1 heterocycles. The molecule has 41 heavy (non-hydrogen) atoms. The molecule has 1 fully saturated rings. The molecule has 212 valence electrons. The number of halogens is 2. The number of rotatable bonds is 10. The first-order valence-electron chi connectivity index (χ1n) is 12.5. The van der Waals surface area contributed by atoms with Crippen molar-refractivity contribution in [2.45, 2.75) is 13.8 Å². The number of barbiturate groups is 1. The maximum absolute atomic E-state index is 13.3. The van der Waals surface area contributed by atoms with Crippen molar-refractivity contribution < 1.29 is 37.8 Å². The largest absolute Gasteiger partial charge is 0.494 e. The van der Waals surface area contributed by atoms with Gasteiger partial charge in [-0.15, -0.1) is 0 Å². The highest BCUT2D eigenvalue weighted by Gasteiger charge is 2.37. The molecule has 10 nitrogen and oxygen atoms in total. The van der Waals surface area contributed by atoms with E-state index in [0.29, 0.717) is 28.1 Å². The number of nitrogens with one attached hydrogen (secondary N) is 2. The average Bonchev–Trinajstić information content (AvgIpc) is 2.93. The van der Waals surface area contributed by atoms with Crippen molar-refractivity contribution in [3.8, 4) is 17.2 Å². The maximum Gasteiger partial charge on any atom is 0.335 e. The highest BCUT2D eigenvalue weighted by Crippen LogP contribution is 2.38. The Bertz CT molecular complexity index is 1510. The number of hydrogen-bond donors (Lipinski definition) is 2. The number of ether oxygens (including phenoxy) is 3. The summed E-state index contributed by atoms with van der Waals surface area (Å²) >= 11 is 3.40. The third-order valence-corrected chi connectivity index (χ3v) is 6.21. The zero-order valence-electron chi connectivity index (χ0n) is 22.0. The Labute approximate surface area is 243 Å². The first kappa shape index (κ1) is 29.3. The van der Waals surface area contributed by atoms with Crippen LogP contribution in [0.5, 0.6) is 17.2 Å². The van der Waals surface area contributed by atoms with Gasteiger partial charge in [-0.1, -0.05) is 0 Å².